The van der Waals surface area contributed by atoms with Gasteiger partial charge in [0.1, 0.15) is 12.1 Å². The highest BCUT2D eigenvalue weighted by atomic mass is 16.5. The number of aromatic nitrogens is 2. The summed E-state index contributed by atoms with van der Waals surface area (Å²) in [5.41, 5.74) is 0. The van der Waals surface area contributed by atoms with Crippen LogP contribution in [0.3, 0.4) is 0 Å². The van der Waals surface area contributed by atoms with Crippen LogP contribution in [0.5, 0.6) is 5.88 Å². The lowest BCUT2D eigenvalue weighted by molar-refractivity contribution is 0.304. The molecule has 0 fully saturated rings. The smallest absolute Gasteiger partial charge is 0.218 e. The summed E-state index contributed by atoms with van der Waals surface area (Å²) in [7, 11) is 1.96. The van der Waals surface area contributed by atoms with Crippen LogP contribution in [0.4, 0.5) is 5.82 Å². The lowest BCUT2D eigenvalue weighted by Crippen LogP contribution is -2.32. The van der Waals surface area contributed by atoms with Crippen molar-refractivity contribution in [3.63, 3.8) is 0 Å². The Balaban J connectivity index is 2.70. The molecule has 5 heteroatoms. The predicted octanol–water partition coefficient (Wildman–Crippen LogP) is 1.70. The normalized spacial score (nSPS) is 10.4. The molecule has 5 nitrogen and oxygen atoms in total. The maximum Gasteiger partial charge on any atom is 0.218 e. The van der Waals surface area contributed by atoms with E-state index in [1.807, 2.05) is 13.1 Å². The standard InChI is InChI=1S/C13H24N4O/c1-4-7-17(8-6-14-3)12-10-13(16-11-15-12)18-9-5-2/h10-11,14H,4-9H2,1-3H3. The Kier molecular flexibility index (Phi) is 7.10. The summed E-state index contributed by atoms with van der Waals surface area (Å²) in [6.45, 7) is 7.82. The Hall–Kier alpha value is -1.36. The monoisotopic (exact) mass is 252 g/mol. The van der Waals surface area contributed by atoms with Crippen molar-refractivity contribution in [1.29, 1.82) is 0 Å². The van der Waals surface area contributed by atoms with E-state index in [0.717, 1.165) is 38.3 Å². The highest BCUT2D eigenvalue weighted by Crippen LogP contribution is 2.15. The average Bonchev–Trinajstić information content (AvgIpc) is 2.41. The molecule has 1 aromatic rings. The van der Waals surface area contributed by atoms with Crippen LogP contribution in [-0.2, 0) is 0 Å². The summed E-state index contributed by atoms with van der Waals surface area (Å²) < 4.78 is 5.54. The molecule has 0 unspecified atom stereocenters. The van der Waals surface area contributed by atoms with E-state index in [-0.39, 0.29) is 0 Å². The third-order valence-corrected chi connectivity index (χ3v) is 2.53. The molecule has 0 saturated carbocycles. The fourth-order valence-electron chi connectivity index (χ4n) is 1.65. The van der Waals surface area contributed by atoms with Crippen molar-refractivity contribution in [1.82, 2.24) is 15.3 Å². The number of hydrogen-bond acceptors (Lipinski definition) is 5. The van der Waals surface area contributed by atoms with E-state index in [2.05, 4.69) is 34.0 Å². The maximum atomic E-state index is 5.54. The molecule has 0 aliphatic carbocycles. The third kappa shape index (κ3) is 4.87. The van der Waals surface area contributed by atoms with Crippen molar-refractivity contribution in [3.05, 3.63) is 12.4 Å². The second kappa shape index (κ2) is 8.69. The van der Waals surface area contributed by atoms with Crippen molar-refractivity contribution in [2.75, 3.05) is 38.2 Å². The second-order valence-corrected chi connectivity index (χ2v) is 4.15. The molecule has 0 spiro atoms. The highest BCUT2D eigenvalue weighted by Gasteiger charge is 2.08. The van der Waals surface area contributed by atoms with E-state index in [1.165, 1.54) is 0 Å². The van der Waals surface area contributed by atoms with E-state index in [0.29, 0.717) is 12.5 Å². The van der Waals surface area contributed by atoms with Gasteiger partial charge >= 0.3 is 0 Å². The van der Waals surface area contributed by atoms with Crippen LogP contribution in [0.2, 0.25) is 0 Å². The van der Waals surface area contributed by atoms with Crippen LogP contribution in [0.25, 0.3) is 0 Å². The highest BCUT2D eigenvalue weighted by molar-refractivity contribution is 5.40. The molecule has 0 aliphatic rings. The van der Waals surface area contributed by atoms with E-state index < -0.39 is 0 Å². The largest absolute Gasteiger partial charge is 0.478 e. The zero-order valence-electron chi connectivity index (χ0n) is 11.6. The van der Waals surface area contributed by atoms with E-state index in [4.69, 9.17) is 4.74 Å². The van der Waals surface area contributed by atoms with Gasteiger partial charge in [0.25, 0.3) is 0 Å². The molecule has 1 aromatic heterocycles. The summed E-state index contributed by atoms with van der Waals surface area (Å²) in [5, 5.41) is 3.16. The first-order chi connectivity index (χ1) is 8.81. The molecular formula is C13H24N4O. The van der Waals surface area contributed by atoms with Gasteiger partial charge in [-0.1, -0.05) is 13.8 Å². The molecule has 1 N–H and O–H groups in total. The molecule has 0 bridgehead atoms. The van der Waals surface area contributed by atoms with Gasteiger partial charge in [-0.2, -0.15) is 0 Å². The number of nitrogens with one attached hydrogen (secondary N) is 1. The quantitative estimate of drug-likeness (QED) is 0.725. The second-order valence-electron chi connectivity index (χ2n) is 4.15. The first-order valence-electron chi connectivity index (χ1n) is 6.66. The number of rotatable bonds is 9. The minimum Gasteiger partial charge on any atom is -0.478 e. The van der Waals surface area contributed by atoms with Crippen LogP contribution in [0.1, 0.15) is 26.7 Å². The molecule has 102 valence electrons. The van der Waals surface area contributed by atoms with Crippen LogP contribution < -0.4 is 15.0 Å². The Morgan fingerprint density at radius 1 is 1.22 bits per heavy atom. The lowest BCUT2D eigenvalue weighted by atomic mass is 10.3. The Bertz CT molecular complexity index is 333. The van der Waals surface area contributed by atoms with Crippen LogP contribution in [-0.4, -0.2) is 43.3 Å². The SMILES string of the molecule is CCCOc1cc(N(CCC)CCNC)ncn1. The number of likely N-dealkylation sites (N-methyl/N-ethyl adjacent to an activating group) is 1. The summed E-state index contributed by atoms with van der Waals surface area (Å²) >= 11 is 0. The molecule has 1 rings (SSSR count). The van der Waals surface area contributed by atoms with Crippen molar-refractivity contribution < 1.29 is 4.74 Å². The number of hydrogen-bond donors (Lipinski definition) is 1. The van der Waals surface area contributed by atoms with Crippen LogP contribution in [0.15, 0.2) is 12.4 Å². The van der Waals surface area contributed by atoms with Gasteiger partial charge in [0.15, 0.2) is 0 Å². The summed E-state index contributed by atoms with van der Waals surface area (Å²) in [6.07, 6.45) is 3.65. The number of ether oxygens (including phenoxy) is 1. The van der Waals surface area contributed by atoms with Crippen molar-refractivity contribution in [2.24, 2.45) is 0 Å². The van der Waals surface area contributed by atoms with Gasteiger partial charge in [0.2, 0.25) is 5.88 Å². The average molecular weight is 252 g/mol. The number of anilines is 1. The van der Waals surface area contributed by atoms with Gasteiger partial charge in [0, 0.05) is 25.7 Å². The molecule has 0 aromatic carbocycles. The minimum absolute atomic E-state index is 0.660. The van der Waals surface area contributed by atoms with Gasteiger partial charge in [-0.25, -0.2) is 9.97 Å². The fraction of sp³-hybridized carbons (Fsp3) is 0.692. The van der Waals surface area contributed by atoms with E-state index >= 15 is 0 Å². The topological polar surface area (TPSA) is 50.3 Å². The maximum absolute atomic E-state index is 5.54. The first-order valence-corrected chi connectivity index (χ1v) is 6.66. The van der Waals surface area contributed by atoms with Crippen molar-refractivity contribution in [2.45, 2.75) is 26.7 Å². The molecule has 0 radical (unpaired) electrons. The molecule has 0 atom stereocenters. The van der Waals surface area contributed by atoms with Gasteiger partial charge in [-0.15, -0.1) is 0 Å². The van der Waals surface area contributed by atoms with Crippen molar-refractivity contribution in [3.8, 4) is 5.88 Å². The molecule has 0 saturated heterocycles. The Morgan fingerprint density at radius 2 is 2.06 bits per heavy atom. The summed E-state index contributed by atoms with van der Waals surface area (Å²) in [6, 6.07) is 1.92. The first kappa shape index (κ1) is 14.7. The fourth-order valence-corrected chi connectivity index (χ4v) is 1.65. The van der Waals surface area contributed by atoms with Crippen LogP contribution >= 0.6 is 0 Å². The molecule has 0 amide bonds. The third-order valence-electron chi connectivity index (χ3n) is 2.53. The molecular weight excluding hydrogens is 228 g/mol. The Morgan fingerprint density at radius 3 is 2.72 bits per heavy atom. The molecule has 1 heterocycles. The van der Waals surface area contributed by atoms with Gasteiger partial charge < -0.3 is 15.0 Å². The predicted molar refractivity (Wildman–Crippen MR) is 74.2 cm³/mol. The van der Waals surface area contributed by atoms with Gasteiger partial charge in [-0.3, -0.25) is 0 Å². The zero-order valence-corrected chi connectivity index (χ0v) is 11.6. The van der Waals surface area contributed by atoms with E-state index in [1.54, 1.807) is 6.33 Å². The van der Waals surface area contributed by atoms with E-state index in [9.17, 15) is 0 Å². The lowest BCUT2D eigenvalue weighted by Gasteiger charge is -2.23. The summed E-state index contributed by atoms with van der Waals surface area (Å²) in [5.74, 6) is 1.60. The zero-order chi connectivity index (χ0) is 13.2. The van der Waals surface area contributed by atoms with Gasteiger partial charge in [0.05, 0.1) is 6.61 Å². The van der Waals surface area contributed by atoms with Crippen molar-refractivity contribution >= 4 is 5.82 Å². The Labute approximate surface area is 110 Å². The van der Waals surface area contributed by atoms with Gasteiger partial charge in [-0.05, 0) is 19.9 Å². The minimum atomic E-state index is 0.660. The molecule has 0 aliphatic heterocycles. The molecule has 18 heavy (non-hydrogen) atoms. The van der Waals surface area contributed by atoms with Crippen LogP contribution in [0, 0.1) is 0 Å². The number of nitrogens with zero attached hydrogens (tertiary/aromatic N) is 3. The summed E-state index contributed by atoms with van der Waals surface area (Å²) in [4.78, 5) is 10.7.